The van der Waals surface area contributed by atoms with Gasteiger partial charge in [-0.1, -0.05) is 43.8 Å². The van der Waals surface area contributed by atoms with Crippen molar-refractivity contribution in [3.05, 3.63) is 11.5 Å². The monoisotopic (exact) mass is 282 g/mol. The van der Waals surface area contributed by atoms with Crippen molar-refractivity contribution < 1.29 is 9.63 Å². The second-order valence-corrected chi connectivity index (χ2v) is 6.22. The molecule has 1 N–H and O–H groups in total. The standard InChI is InChI=1S/C12H18N4O2S/c1-5-6-7(17)10-13-11(18-15-10)8-9(12(2,3)4)14-16-19-8/h7,17H,5-6H2,1-4H3. The highest BCUT2D eigenvalue weighted by molar-refractivity contribution is 7.09. The van der Waals surface area contributed by atoms with Crippen LogP contribution in [0.15, 0.2) is 4.52 Å². The number of hydrogen-bond donors (Lipinski definition) is 1. The van der Waals surface area contributed by atoms with Gasteiger partial charge in [-0.15, -0.1) is 5.10 Å². The minimum Gasteiger partial charge on any atom is -0.385 e. The molecule has 2 aromatic rings. The van der Waals surface area contributed by atoms with Gasteiger partial charge in [0, 0.05) is 5.41 Å². The lowest BCUT2D eigenvalue weighted by atomic mass is 9.91. The van der Waals surface area contributed by atoms with Crippen LogP contribution in [0.1, 0.15) is 58.2 Å². The minimum atomic E-state index is -0.679. The van der Waals surface area contributed by atoms with Gasteiger partial charge in [-0.05, 0) is 18.0 Å². The highest BCUT2D eigenvalue weighted by Crippen LogP contribution is 2.33. The maximum Gasteiger partial charge on any atom is 0.271 e. The Morgan fingerprint density at radius 2 is 2.11 bits per heavy atom. The summed E-state index contributed by atoms with van der Waals surface area (Å²) in [5, 5.41) is 17.8. The largest absolute Gasteiger partial charge is 0.385 e. The van der Waals surface area contributed by atoms with Crippen molar-refractivity contribution in [3.63, 3.8) is 0 Å². The fourth-order valence-electron chi connectivity index (χ4n) is 1.69. The number of aliphatic hydroxyl groups excluding tert-OH is 1. The Balaban J connectivity index is 2.31. The fraction of sp³-hybridized carbons (Fsp3) is 0.667. The molecule has 2 aromatic heterocycles. The fourth-order valence-corrected chi connectivity index (χ4v) is 2.49. The van der Waals surface area contributed by atoms with E-state index in [2.05, 4.69) is 40.5 Å². The average Bonchev–Trinajstić information content (AvgIpc) is 2.97. The molecule has 0 aliphatic carbocycles. The molecule has 0 saturated carbocycles. The van der Waals surface area contributed by atoms with Crippen LogP contribution in [0.4, 0.5) is 0 Å². The molecule has 0 bridgehead atoms. The lowest BCUT2D eigenvalue weighted by Crippen LogP contribution is -2.13. The van der Waals surface area contributed by atoms with E-state index in [4.69, 9.17) is 4.52 Å². The molecule has 19 heavy (non-hydrogen) atoms. The van der Waals surface area contributed by atoms with E-state index in [0.29, 0.717) is 18.1 Å². The van der Waals surface area contributed by atoms with Gasteiger partial charge in [0.15, 0.2) is 0 Å². The van der Waals surface area contributed by atoms with E-state index in [0.717, 1.165) is 17.0 Å². The summed E-state index contributed by atoms with van der Waals surface area (Å²) in [6, 6.07) is 0. The Hall–Kier alpha value is -1.34. The second kappa shape index (κ2) is 5.34. The van der Waals surface area contributed by atoms with E-state index in [9.17, 15) is 5.11 Å². The quantitative estimate of drug-likeness (QED) is 0.928. The molecule has 7 heteroatoms. The molecule has 2 heterocycles. The maximum atomic E-state index is 9.85. The Kier molecular flexibility index (Phi) is 3.96. The predicted octanol–water partition coefficient (Wildman–Crippen LogP) is 2.72. The number of nitrogens with zero attached hydrogens (tertiary/aromatic N) is 4. The number of hydrogen-bond acceptors (Lipinski definition) is 7. The Bertz CT molecular complexity index is 544. The molecule has 1 unspecified atom stereocenters. The van der Waals surface area contributed by atoms with E-state index >= 15 is 0 Å². The third-order valence-electron chi connectivity index (χ3n) is 2.69. The molecule has 0 radical (unpaired) electrons. The third-order valence-corrected chi connectivity index (χ3v) is 3.41. The van der Waals surface area contributed by atoms with Gasteiger partial charge < -0.3 is 9.63 Å². The van der Waals surface area contributed by atoms with Gasteiger partial charge in [-0.25, -0.2) is 0 Å². The van der Waals surface area contributed by atoms with Crippen molar-refractivity contribution in [1.82, 2.24) is 19.7 Å². The van der Waals surface area contributed by atoms with Crippen molar-refractivity contribution in [2.24, 2.45) is 0 Å². The molecule has 6 nitrogen and oxygen atoms in total. The number of aromatic nitrogens is 4. The molecule has 0 aliphatic rings. The molecule has 2 rings (SSSR count). The normalized spacial score (nSPS) is 13.7. The van der Waals surface area contributed by atoms with Crippen LogP contribution < -0.4 is 0 Å². The SMILES string of the molecule is CCCC(O)c1noc(-c2snnc2C(C)(C)C)n1. The van der Waals surface area contributed by atoms with Crippen LogP contribution in [0, 0.1) is 0 Å². The molecule has 0 amide bonds. The zero-order valence-corrected chi connectivity index (χ0v) is 12.4. The molecule has 104 valence electrons. The first-order valence-electron chi connectivity index (χ1n) is 6.28. The van der Waals surface area contributed by atoms with E-state index in [1.54, 1.807) is 0 Å². The smallest absolute Gasteiger partial charge is 0.271 e. The highest BCUT2D eigenvalue weighted by atomic mass is 32.1. The summed E-state index contributed by atoms with van der Waals surface area (Å²) in [5.41, 5.74) is 0.691. The summed E-state index contributed by atoms with van der Waals surface area (Å²) < 4.78 is 9.18. The first-order valence-corrected chi connectivity index (χ1v) is 7.05. The predicted molar refractivity (Wildman–Crippen MR) is 71.8 cm³/mol. The van der Waals surface area contributed by atoms with Gasteiger partial charge in [0.1, 0.15) is 11.0 Å². The second-order valence-electron chi connectivity index (χ2n) is 5.46. The molecule has 0 aromatic carbocycles. The van der Waals surface area contributed by atoms with Crippen LogP contribution in [0.2, 0.25) is 0 Å². The molecule has 0 saturated heterocycles. The Morgan fingerprint density at radius 3 is 2.74 bits per heavy atom. The first-order chi connectivity index (χ1) is 8.93. The van der Waals surface area contributed by atoms with Gasteiger partial charge in [0.25, 0.3) is 5.89 Å². The number of rotatable bonds is 4. The van der Waals surface area contributed by atoms with E-state index < -0.39 is 6.10 Å². The lowest BCUT2D eigenvalue weighted by Gasteiger charge is -2.14. The zero-order chi connectivity index (χ0) is 14.0. The van der Waals surface area contributed by atoms with Crippen LogP contribution >= 0.6 is 11.5 Å². The van der Waals surface area contributed by atoms with E-state index in [1.165, 1.54) is 11.5 Å². The average molecular weight is 282 g/mol. The first kappa shape index (κ1) is 14.1. The molecular weight excluding hydrogens is 264 g/mol. The van der Waals surface area contributed by atoms with Gasteiger partial charge in [0.2, 0.25) is 5.82 Å². The van der Waals surface area contributed by atoms with Gasteiger partial charge in [-0.3, -0.25) is 0 Å². The Labute approximate surface area is 116 Å². The Morgan fingerprint density at radius 1 is 1.37 bits per heavy atom. The molecule has 0 aliphatic heterocycles. The van der Waals surface area contributed by atoms with Crippen LogP contribution in [0.5, 0.6) is 0 Å². The molecular formula is C12H18N4O2S. The van der Waals surface area contributed by atoms with Crippen molar-refractivity contribution >= 4 is 11.5 Å². The van der Waals surface area contributed by atoms with Gasteiger partial charge in [0.05, 0.1) is 5.69 Å². The van der Waals surface area contributed by atoms with Gasteiger partial charge >= 0.3 is 0 Å². The maximum absolute atomic E-state index is 9.85. The molecule has 0 fully saturated rings. The highest BCUT2D eigenvalue weighted by Gasteiger charge is 2.27. The molecule has 1 atom stereocenters. The summed E-state index contributed by atoms with van der Waals surface area (Å²) >= 11 is 1.23. The lowest BCUT2D eigenvalue weighted by molar-refractivity contribution is 0.153. The topological polar surface area (TPSA) is 84.9 Å². The minimum absolute atomic E-state index is 0.140. The summed E-state index contributed by atoms with van der Waals surface area (Å²) in [6.07, 6.45) is 0.799. The van der Waals surface area contributed by atoms with E-state index in [-0.39, 0.29) is 5.41 Å². The summed E-state index contributed by atoms with van der Waals surface area (Å²) in [7, 11) is 0. The summed E-state index contributed by atoms with van der Waals surface area (Å²) in [5.74, 6) is 0.704. The van der Waals surface area contributed by atoms with Crippen molar-refractivity contribution in [3.8, 4) is 10.8 Å². The van der Waals surface area contributed by atoms with Crippen LogP contribution in [0.3, 0.4) is 0 Å². The summed E-state index contributed by atoms with van der Waals surface area (Å²) in [6.45, 7) is 8.15. The zero-order valence-electron chi connectivity index (χ0n) is 11.5. The van der Waals surface area contributed by atoms with Crippen molar-refractivity contribution in [2.45, 2.75) is 52.1 Å². The molecule has 0 spiro atoms. The van der Waals surface area contributed by atoms with Crippen molar-refractivity contribution in [2.75, 3.05) is 0 Å². The van der Waals surface area contributed by atoms with Crippen LogP contribution in [-0.4, -0.2) is 24.8 Å². The van der Waals surface area contributed by atoms with Crippen LogP contribution in [0.25, 0.3) is 10.8 Å². The van der Waals surface area contributed by atoms with Crippen LogP contribution in [-0.2, 0) is 5.41 Å². The summed E-state index contributed by atoms with van der Waals surface area (Å²) in [4.78, 5) is 5.02. The van der Waals surface area contributed by atoms with E-state index in [1.807, 2.05) is 6.92 Å². The van der Waals surface area contributed by atoms with Crippen molar-refractivity contribution in [1.29, 1.82) is 0 Å². The third kappa shape index (κ3) is 2.98. The van der Waals surface area contributed by atoms with Gasteiger partial charge in [-0.2, -0.15) is 4.98 Å². The number of aliphatic hydroxyl groups is 1.